The number of carbonyl (C=O) groups is 3. The summed E-state index contributed by atoms with van der Waals surface area (Å²) in [7, 11) is 1.35. The van der Waals surface area contributed by atoms with Crippen LogP contribution >= 0.6 is 0 Å². The number of primary amides is 1. The predicted molar refractivity (Wildman–Crippen MR) is 93.5 cm³/mol. The van der Waals surface area contributed by atoms with Crippen LogP contribution in [0.4, 0.5) is 0 Å². The normalized spacial score (nSPS) is 24.7. The van der Waals surface area contributed by atoms with Crippen molar-refractivity contribution in [1.82, 2.24) is 4.90 Å². The number of amides is 2. The summed E-state index contributed by atoms with van der Waals surface area (Å²) in [6.07, 6.45) is 4.78. The third-order valence-corrected chi connectivity index (χ3v) is 5.33. The lowest BCUT2D eigenvalue weighted by atomic mass is 9.85. The van der Waals surface area contributed by atoms with E-state index in [9.17, 15) is 14.4 Å². The van der Waals surface area contributed by atoms with Crippen molar-refractivity contribution < 1.29 is 23.9 Å². The van der Waals surface area contributed by atoms with Crippen molar-refractivity contribution in [2.24, 2.45) is 11.7 Å². The van der Waals surface area contributed by atoms with E-state index in [1.165, 1.54) is 13.2 Å². The third-order valence-electron chi connectivity index (χ3n) is 5.33. The summed E-state index contributed by atoms with van der Waals surface area (Å²) in [6.45, 7) is -0.196. The van der Waals surface area contributed by atoms with Crippen LogP contribution in [-0.4, -0.2) is 48.5 Å². The zero-order chi connectivity index (χ0) is 18.7. The molecular formula is C19H24N2O5. The molecule has 1 saturated heterocycles. The zero-order valence-electron chi connectivity index (χ0n) is 14.8. The summed E-state index contributed by atoms with van der Waals surface area (Å²) in [5, 5.41) is 0. The molecule has 2 fully saturated rings. The fraction of sp³-hybridized carbons (Fsp3) is 0.526. The zero-order valence-corrected chi connectivity index (χ0v) is 14.8. The van der Waals surface area contributed by atoms with Crippen LogP contribution < -0.4 is 10.5 Å². The number of carbonyl (C=O) groups excluding carboxylic acids is 3. The first-order valence-electron chi connectivity index (χ1n) is 8.93. The molecule has 26 heavy (non-hydrogen) atoms. The van der Waals surface area contributed by atoms with Crippen molar-refractivity contribution in [3.05, 3.63) is 29.8 Å². The number of hydrogen-bond acceptors (Lipinski definition) is 5. The minimum Gasteiger partial charge on any atom is -0.484 e. The van der Waals surface area contributed by atoms with E-state index in [0.717, 1.165) is 25.7 Å². The van der Waals surface area contributed by atoms with E-state index in [0.29, 0.717) is 23.7 Å². The first-order chi connectivity index (χ1) is 12.5. The maximum absolute atomic E-state index is 12.8. The Hall–Kier alpha value is -2.57. The molecule has 1 aliphatic carbocycles. The summed E-state index contributed by atoms with van der Waals surface area (Å²) in [4.78, 5) is 37.9. The van der Waals surface area contributed by atoms with Crippen LogP contribution in [0.2, 0.25) is 0 Å². The predicted octanol–water partition coefficient (Wildman–Crippen LogP) is 1.50. The van der Waals surface area contributed by atoms with Crippen molar-refractivity contribution in [3.8, 4) is 5.75 Å². The van der Waals surface area contributed by atoms with E-state index in [4.69, 9.17) is 15.2 Å². The van der Waals surface area contributed by atoms with Crippen LogP contribution in [0.25, 0.3) is 0 Å². The van der Waals surface area contributed by atoms with Gasteiger partial charge in [0.15, 0.2) is 6.61 Å². The number of likely N-dealkylation sites (tertiary alicyclic amines) is 1. The van der Waals surface area contributed by atoms with E-state index >= 15 is 0 Å². The maximum atomic E-state index is 12.8. The molecule has 140 valence electrons. The van der Waals surface area contributed by atoms with Gasteiger partial charge in [0.05, 0.1) is 7.11 Å². The summed E-state index contributed by atoms with van der Waals surface area (Å²) in [5.41, 5.74) is 5.57. The molecule has 0 radical (unpaired) electrons. The molecule has 3 unspecified atom stereocenters. The Labute approximate surface area is 152 Å². The Morgan fingerprint density at radius 1 is 1.23 bits per heavy atom. The minimum atomic E-state index is -0.558. The van der Waals surface area contributed by atoms with Crippen molar-refractivity contribution in [2.45, 2.75) is 44.2 Å². The molecule has 1 heterocycles. The quantitative estimate of drug-likeness (QED) is 0.802. The number of esters is 1. The average Bonchev–Trinajstić information content (AvgIpc) is 3.05. The maximum Gasteiger partial charge on any atom is 0.328 e. The van der Waals surface area contributed by atoms with Crippen molar-refractivity contribution in [2.75, 3.05) is 13.7 Å². The highest BCUT2D eigenvalue weighted by Gasteiger charge is 2.47. The molecule has 1 aromatic carbocycles. The summed E-state index contributed by atoms with van der Waals surface area (Å²) in [5.74, 6) is -0.432. The largest absolute Gasteiger partial charge is 0.484 e. The van der Waals surface area contributed by atoms with Gasteiger partial charge in [0.1, 0.15) is 11.8 Å². The number of nitrogens with two attached hydrogens (primary N) is 1. The minimum absolute atomic E-state index is 0.0703. The fourth-order valence-corrected chi connectivity index (χ4v) is 4.12. The van der Waals surface area contributed by atoms with Crippen LogP contribution in [0, 0.1) is 5.92 Å². The molecule has 0 bridgehead atoms. The van der Waals surface area contributed by atoms with E-state index < -0.39 is 11.9 Å². The molecule has 2 amide bonds. The van der Waals surface area contributed by atoms with Crippen LogP contribution in [0.3, 0.4) is 0 Å². The highest BCUT2D eigenvalue weighted by molar-refractivity contribution is 5.93. The third kappa shape index (κ3) is 3.66. The highest BCUT2D eigenvalue weighted by Crippen LogP contribution is 2.40. The topological polar surface area (TPSA) is 98.9 Å². The monoisotopic (exact) mass is 360 g/mol. The molecule has 2 N–H and O–H groups in total. The Balaban J connectivity index is 1.71. The van der Waals surface area contributed by atoms with Gasteiger partial charge >= 0.3 is 5.97 Å². The van der Waals surface area contributed by atoms with Gasteiger partial charge in [-0.25, -0.2) is 4.79 Å². The van der Waals surface area contributed by atoms with E-state index in [2.05, 4.69) is 0 Å². The van der Waals surface area contributed by atoms with Gasteiger partial charge in [-0.2, -0.15) is 0 Å². The first kappa shape index (κ1) is 18.2. The number of ether oxygens (including phenoxy) is 2. The average molecular weight is 360 g/mol. The Morgan fingerprint density at radius 3 is 2.73 bits per heavy atom. The van der Waals surface area contributed by atoms with Gasteiger partial charge in [0.2, 0.25) is 5.91 Å². The second-order valence-electron chi connectivity index (χ2n) is 6.87. The number of hydrogen-bond donors (Lipinski definition) is 1. The Morgan fingerprint density at radius 2 is 2.00 bits per heavy atom. The smallest absolute Gasteiger partial charge is 0.328 e. The molecule has 7 heteroatoms. The van der Waals surface area contributed by atoms with Crippen molar-refractivity contribution >= 4 is 17.8 Å². The van der Waals surface area contributed by atoms with Crippen LogP contribution in [0.5, 0.6) is 5.75 Å². The van der Waals surface area contributed by atoms with Gasteiger partial charge in [-0.3, -0.25) is 9.59 Å². The molecule has 0 spiro atoms. The molecule has 1 aromatic rings. The molecule has 7 nitrogen and oxygen atoms in total. The summed E-state index contributed by atoms with van der Waals surface area (Å²) in [6, 6.07) is 5.91. The van der Waals surface area contributed by atoms with Gasteiger partial charge in [0, 0.05) is 11.6 Å². The number of nitrogens with zero attached hydrogens (tertiary/aromatic N) is 1. The van der Waals surface area contributed by atoms with Crippen molar-refractivity contribution in [3.63, 3.8) is 0 Å². The van der Waals surface area contributed by atoms with Gasteiger partial charge in [-0.1, -0.05) is 18.9 Å². The molecule has 3 rings (SSSR count). The number of fused-ring (bicyclic) bond motifs is 1. The summed E-state index contributed by atoms with van der Waals surface area (Å²) < 4.78 is 10.5. The van der Waals surface area contributed by atoms with Gasteiger partial charge < -0.3 is 20.1 Å². The lowest BCUT2D eigenvalue weighted by Crippen LogP contribution is -2.48. The number of benzene rings is 1. The van der Waals surface area contributed by atoms with Gasteiger partial charge in [-0.15, -0.1) is 0 Å². The van der Waals surface area contributed by atoms with E-state index in [1.807, 2.05) is 0 Å². The van der Waals surface area contributed by atoms with E-state index in [-0.39, 0.29) is 24.5 Å². The Kier molecular flexibility index (Phi) is 5.44. The van der Waals surface area contributed by atoms with Crippen LogP contribution in [-0.2, 0) is 14.3 Å². The fourth-order valence-electron chi connectivity index (χ4n) is 4.12. The first-order valence-corrected chi connectivity index (χ1v) is 8.93. The van der Waals surface area contributed by atoms with Crippen molar-refractivity contribution in [1.29, 1.82) is 0 Å². The molecule has 1 aliphatic heterocycles. The lowest BCUT2D eigenvalue weighted by molar-refractivity contribution is -0.153. The van der Waals surface area contributed by atoms with Crippen LogP contribution in [0.15, 0.2) is 24.3 Å². The van der Waals surface area contributed by atoms with Gasteiger partial charge in [0.25, 0.3) is 5.91 Å². The second-order valence-corrected chi connectivity index (χ2v) is 6.87. The van der Waals surface area contributed by atoms with Gasteiger partial charge in [-0.05, 0) is 43.4 Å². The molecule has 0 aromatic heterocycles. The highest BCUT2D eigenvalue weighted by atomic mass is 16.5. The second kappa shape index (κ2) is 7.76. The standard InChI is InChI=1S/C19H24N2O5/c1-25-19(24)16-10-12-5-2-3-8-15(12)21(16)17(22)11-26-14-7-4-6-13(9-14)18(20)23/h4,6-7,9,12,15-16H,2-3,5,8,10-11H2,1H3,(H2,20,23). The molecular weight excluding hydrogens is 336 g/mol. The SMILES string of the molecule is COC(=O)C1CC2CCCCC2N1C(=O)COc1cccc(C(N)=O)c1. The molecule has 3 atom stereocenters. The summed E-state index contributed by atoms with van der Waals surface area (Å²) >= 11 is 0. The molecule has 1 saturated carbocycles. The molecule has 2 aliphatic rings. The Bertz CT molecular complexity index is 705. The lowest BCUT2D eigenvalue weighted by Gasteiger charge is -2.33. The number of rotatable bonds is 5. The van der Waals surface area contributed by atoms with Crippen LogP contribution in [0.1, 0.15) is 42.5 Å². The van der Waals surface area contributed by atoms with E-state index in [1.54, 1.807) is 23.1 Å². The number of methoxy groups -OCH3 is 1.